The van der Waals surface area contributed by atoms with Gasteiger partial charge < -0.3 is 13.6 Å². The molecule has 0 aromatic rings. The lowest BCUT2D eigenvalue weighted by Crippen LogP contribution is -2.53. The first-order chi connectivity index (χ1) is 14.5. The Morgan fingerprint density at radius 2 is 1.16 bits per heavy atom. The molecule has 10 unspecified atom stereocenters. The van der Waals surface area contributed by atoms with Crippen molar-refractivity contribution in [3.63, 3.8) is 0 Å². The number of carbonyl (C=O) groups is 3. The van der Waals surface area contributed by atoms with Crippen LogP contribution in [0.1, 0.15) is 25.7 Å². The van der Waals surface area contributed by atoms with Crippen LogP contribution in [-0.4, -0.2) is 34.5 Å². The summed E-state index contributed by atoms with van der Waals surface area (Å²) in [6.45, 7) is 13.4. The highest BCUT2D eigenvalue weighted by Gasteiger charge is 2.67. The molecule has 2 heterocycles. The molecule has 0 N–H and O–H groups in total. The number of esters is 3. The maximum Gasteiger partial charge on any atom is 0.317 e. The molecule has 0 aromatic heterocycles. The van der Waals surface area contributed by atoms with Crippen molar-refractivity contribution in [1.29, 1.82) is 0 Å². The Bertz CT molecular complexity index is 840. The second-order valence-electron chi connectivity index (χ2n) is 12.0. The standard InChI is InChI=1S/C23H32O6Si2/c1-10-17-13-6-11(18(17)21(24)27-10)8-15(13)30(2,3)29-31(4,5)16-9-12-7-14(16)20-19(12)22(25)28-23(20)26/h11-20H,1,6-9H2,2-5H3. The number of fused-ring (bicyclic) bond motifs is 10. The highest BCUT2D eigenvalue weighted by Crippen LogP contribution is 2.66. The fourth-order valence-electron chi connectivity index (χ4n) is 9.09. The predicted molar refractivity (Wildman–Crippen MR) is 116 cm³/mol. The van der Waals surface area contributed by atoms with Crippen molar-refractivity contribution in [2.75, 3.05) is 0 Å². The Labute approximate surface area is 185 Å². The van der Waals surface area contributed by atoms with Gasteiger partial charge in [-0.3, -0.25) is 14.4 Å². The SMILES string of the molecule is C=C1OC(=O)C2C3CC(C12)C([Si](C)(C)O[Si](C)(C)C1CC2CC1C1C(=O)OC(=O)C21)C3. The van der Waals surface area contributed by atoms with E-state index in [2.05, 4.69) is 32.8 Å². The number of carbonyl (C=O) groups excluding carboxylic acids is 3. The van der Waals surface area contributed by atoms with Crippen molar-refractivity contribution >= 4 is 34.5 Å². The molecule has 2 aliphatic heterocycles. The third-order valence-corrected chi connectivity index (χ3v) is 19.1. The number of rotatable bonds is 4. The van der Waals surface area contributed by atoms with Gasteiger partial charge in [-0.25, -0.2) is 0 Å². The topological polar surface area (TPSA) is 78.9 Å². The molecule has 0 spiro atoms. The summed E-state index contributed by atoms with van der Waals surface area (Å²) in [6, 6.07) is 0. The lowest BCUT2D eigenvalue weighted by Gasteiger charge is -2.46. The van der Waals surface area contributed by atoms with E-state index in [1.165, 1.54) is 0 Å². The maximum absolute atomic E-state index is 12.4. The van der Waals surface area contributed by atoms with Gasteiger partial charge in [-0.2, -0.15) is 0 Å². The van der Waals surface area contributed by atoms with Gasteiger partial charge in [0.1, 0.15) is 5.76 Å². The quantitative estimate of drug-likeness (QED) is 0.360. The third kappa shape index (κ3) is 2.61. The molecule has 6 fully saturated rings. The van der Waals surface area contributed by atoms with Gasteiger partial charge in [0.25, 0.3) is 0 Å². The van der Waals surface area contributed by atoms with Gasteiger partial charge in [-0.05, 0) is 86.6 Å². The van der Waals surface area contributed by atoms with Crippen molar-refractivity contribution in [3.05, 3.63) is 12.3 Å². The molecule has 4 aliphatic carbocycles. The highest BCUT2D eigenvalue weighted by atomic mass is 28.4. The number of hydrogen-bond donors (Lipinski definition) is 0. The van der Waals surface area contributed by atoms with Gasteiger partial charge in [0.15, 0.2) is 16.6 Å². The zero-order valence-electron chi connectivity index (χ0n) is 18.8. The molecule has 2 saturated heterocycles. The van der Waals surface area contributed by atoms with Crippen molar-refractivity contribution in [3.8, 4) is 0 Å². The van der Waals surface area contributed by atoms with E-state index in [1.54, 1.807) is 0 Å². The van der Waals surface area contributed by atoms with Crippen LogP contribution in [0.4, 0.5) is 0 Å². The van der Waals surface area contributed by atoms with Crippen LogP contribution >= 0.6 is 0 Å². The van der Waals surface area contributed by atoms with Crippen LogP contribution in [0.5, 0.6) is 0 Å². The molecule has 4 bridgehead atoms. The van der Waals surface area contributed by atoms with E-state index in [0.717, 1.165) is 25.7 Å². The average molecular weight is 461 g/mol. The minimum atomic E-state index is -2.11. The van der Waals surface area contributed by atoms with Gasteiger partial charge in [0.2, 0.25) is 0 Å². The Morgan fingerprint density at radius 3 is 1.74 bits per heavy atom. The molecule has 31 heavy (non-hydrogen) atoms. The summed E-state index contributed by atoms with van der Waals surface area (Å²) in [6.07, 6.45) is 4.14. The highest BCUT2D eigenvalue weighted by molar-refractivity contribution is 6.86. The lowest BCUT2D eigenvalue weighted by molar-refractivity contribution is -0.154. The molecule has 4 saturated carbocycles. The van der Waals surface area contributed by atoms with Crippen LogP contribution in [0.2, 0.25) is 37.3 Å². The molecule has 6 aliphatic rings. The van der Waals surface area contributed by atoms with Crippen LogP contribution in [0.15, 0.2) is 12.3 Å². The van der Waals surface area contributed by atoms with E-state index in [0.29, 0.717) is 28.7 Å². The minimum absolute atomic E-state index is 0.0252. The molecule has 168 valence electrons. The minimum Gasteiger partial charge on any atom is -0.455 e. The van der Waals surface area contributed by atoms with Gasteiger partial charge in [0.05, 0.1) is 17.8 Å². The third-order valence-electron chi connectivity index (χ3n) is 9.94. The fraction of sp³-hybridized carbons (Fsp3) is 0.783. The van der Waals surface area contributed by atoms with Crippen LogP contribution < -0.4 is 0 Å². The van der Waals surface area contributed by atoms with E-state index in [9.17, 15) is 14.4 Å². The van der Waals surface area contributed by atoms with Crippen LogP contribution in [0.3, 0.4) is 0 Å². The van der Waals surface area contributed by atoms with Gasteiger partial charge in [-0.1, -0.05) is 6.58 Å². The van der Waals surface area contributed by atoms with Crippen LogP contribution in [0, 0.1) is 47.3 Å². The number of hydrogen-bond acceptors (Lipinski definition) is 6. The normalized spacial score (nSPS) is 47.7. The van der Waals surface area contributed by atoms with E-state index in [1.807, 2.05) is 0 Å². The molecule has 6 rings (SSSR count). The largest absolute Gasteiger partial charge is 0.455 e. The molecule has 6 nitrogen and oxygen atoms in total. The summed E-state index contributed by atoms with van der Waals surface area (Å²) in [4.78, 5) is 36.8. The fourth-order valence-corrected chi connectivity index (χ4v) is 20.2. The maximum atomic E-state index is 12.4. The zero-order valence-corrected chi connectivity index (χ0v) is 20.8. The molecule has 8 heteroatoms. The van der Waals surface area contributed by atoms with E-state index in [4.69, 9.17) is 13.6 Å². The van der Waals surface area contributed by atoms with Gasteiger partial charge in [0, 0.05) is 5.92 Å². The lowest BCUT2D eigenvalue weighted by atomic mass is 9.80. The molecule has 0 radical (unpaired) electrons. The molecule has 0 amide bonds. The molecular formula is C23H32O6Si2. The summed E-state index contributed by atoms with van der Waals surface area (Å²) in [5.41, 5.74) is 0.919. The van der Waals surface area contributed by atoms with Gasteiger partial charge >= 0.3 is 17.9 Å². The summed E-state index contributed by atoms with van der Waals surface area (Å²) in [5.74, 6) is 1.19. The Morgan fingerprint density at radius 1 is 0.710 bits per heavy atom. The summed E-state index contributed by atoms with van der Waals surface area (Å²) >= 11 is 0. The Kier molecular flexibility index (Phi) is 4.07. The predicted octanol–water partition coefficient (Wildman–Crippen LogP) is 3.85. The van der Waals surface area contributed by atoms with Crippen LogP contribution in [-0.2, 0) is 28.0 Å². The van der Waals surface area contributed by atoms with Crippen molar-refractivity contribution in [1.82, 2.24) is 0 Å². The van der Waals surface area contributed by atoms with E-state index in [-0.39, 0.29) is 53.4 Å². The number of cyclic esters (lactones) is 3. The Hall–Kier alpha value is -1.26. The monoisotopic (exact) mass is 460 g/mol. The van der Waals surface area contributed by atoms with Crippen molar-refractivity contribution in [2.45, 2.75) is 63.0 Å². The van der Waals surface area contributed by atoms with E-state index >= 15 is 0 Å². The van der Waals surface area contributed by atoms with Crippen molar-refractivity contribution < 1.29 is 28.0 Å². The first-order valence-electron chi connectivity index (χ1n) is 11.9. The van der Waals surface area contributed by atoms with Crippen molar-refractivity contribution in [2.24, 2.45) is 47.3 Å². The second kappa shape index (κ2) is 6.20. The summed E-state index contributed by atoms with van der Waals surface area (Å²) in [5, 5.41) is 0. The summed E-state index contributed by atoms with van der Waals surface area (Å²) < 4.78 is 17.6. The smallest absolute Gasteiger partial charge is 0.317 e. The average Bonchev–Trinajstić information content (AvgIpc) is 3.46. The zero-order chi connectivity index (χ0) is 22.0. The van der Waals surface area contributed by atoms with Gasteiger partial charge in [-0.15, -0.1) is 0 Å². The first kappa shape index (κ1) is 20.4. The first-order valence-corrected chi connectivity index (χ1v) is 17.8. The Balaban J connectivity index is 1.21. The second-order valence-corrected chi connectivity index (χ2v) is 20.8. The number of allylic oxidation sites excluding steroid dienone is 1. The molecule has 10 atom stereocenters. The summed E-state index contributed by atoms with van der Waals surface area (Å²) in [7, 11) is -4.17. The van der Waals surface area contributed by atoms with E-state index < -0.39 is 16.6 Å². The number of ether oxygens (including phenoxy) is 2. The van der Waals surface area contributed by atoms with Crippen LogP contribution in [0.25, 0.3) is 0 Å². The molecular weight excluding hydrogens is 428 g/mol. The molecule has 0 aromatic carbocycles.